The Morgan fingerprint density at radius 2 is 2.29 bits per heavy atom. The van der Waals surface area contributed by atoms with Crippen molar-refractivity contribution in [3.8, 4) is 0 Å². The molecule has 3 nitrogen and oxygen atoms in total. The molecule has 0 fully saturated rings. The first-order valence-corrected chi connectivity index (χ1v) is 5.19. The summed E-state index contributed by atoms with van der Waals surface area (Å²) in [5.41, 5.74) is 2.19. The lowest BCUT2D eigenvalue weighted by atomic mass is 10.2. The highest BCUT2D eigenvalue weighted by Gasteiger charge is 2.17. The summed E-state index contributed by atoms with van der Waals surface area (Å²) in [6.07, 6.45) is 1.56. The highest BCUT2D eigenvalue weighted by molar-refractivity contribution is 7.16. The Morgan fingerprint density at radius 3 is 2.79 bits per heavy atom. The lowest BCUT2D eigenvalue weighted by Crippen LogP contribution is -2.16. The molecule has 0 radical (unpaired) electrons. The summed E-state index contributed by atoms with van der Waals surface area (Å²) in [5.74, 6) is 0.658. The molecule has 0 saturated carbocycles. The lowest BCUT2D eigenvalue weighted by Gasteiger charge is -2.09. The first-order valence-electron chi connectivity index (χ1n) is 3.99. The molecule has 2 aromatic heterocycles. The fourth-order valence-electron chi connectivity index (χ4n) is 1.21. The Hall–Kier alpha value is -0.810. The lowest BCUT2D eigenvalue weighted by molar-refractivity contribution is 0.133. The monoisotopic (exact) mass is 229 g/mol. The van der Waals surface area contributed by atoms with Crippen LogP contribution in [0.5, 0.6) is 0 Å². The molecular weight excluding hydrogens is 222 g/mol. The average Bonchev–Trinajstić information content (AvgIpc) is 2.79. The summed E-state index contributed by atoms with van der Waals surface area (Å²) in [7, 11) is 0. The minimum Gasteiger partial charge on any atom is -0.467 e. The summed E-state index contributed by atoms with van der Waals surface area (Å²) < 4.78 is 5.88. The van der Waals surface area contributed by atoms with Gasteiger partial charge in [0, 0.05) is 4.88 Å². The third kappa shape index (κ3) is 1.83. The molecule has 2 heterocycles. The first kappa shape index (κ1) is 9.73. The highest BCUT2D eigenvalue weighted by Crippen LogP contribution is 2.30. The van der Waals surface area contributed by atoms with Gasteiger partial charge in [0.15, 0.2) is 0 Å². The molecule has 74 valence electrons. The third-order valence-electron chi connectivity index (χ3n) is 1.84. The van der Waals surface area contributed by atoms with Gasteiger partial charge in [0.1, 0.15) is 11.8 Å². The fourth-order valence-corrected chi connectivity index (χ4v) is 2.32. The molecule has 1 unspecified atom stereocenters. The van der Waals surface area contributed by atoms with Crippen LogP contribution in [-0.4, -0.2) is 5.21 Å². The summed E-state index contributed by atoms with van der Waals surface area (Å²) in [5, 5.41) is 9.01. The maximum atomic E-state index is 9.01. The predicted molar refractivity (Wildman–Crippen MR) is 54.8 cm³/mol. The largest absolute Gasteiger partial charge is 0.467 e. The zero-order valence-electron chi connectivity index (χ0n) is 7.11. The van der Waals surface area contributed by atoms with Crippen LogP contribution in [0.25, 0.3) is 0 Å². The number of rotatable bonds is 3. The van der Waals surface area contributed by atoms with Crippen LogP contribution in [0.1, 0.15) is 16.7 Å². The highest BCUT2D eigenvalue weighted by atomic mass is 35.5. The molecule has 1 atom stereocenters. The number of hydrogen-bond acceptors (Lipinski definition) is 4. The van der Waals surface area contributed by atoms with E-state index < -0.39 is 0 Å². The smallest absolute Gasteiger partial charge is 0.128 e. The van der Waals surface area contributed by atoms with Crippen molar-refractivity contribution in [2.45, 2.75) is 6.04 Å². The van der Waals surface area contributed by atoms with E-state index in [1.165, 1.54) is 11.3 Å². The van der Waals surface area contributed by atoms with Crippen molar-refractivity contribution in [3.63, 3.8) is 0 Å². The molecule has 0 aromatic carbocycles. The van der Waals surface area contributed by atoms with E-state index in [9.17, 15) is 0 Å². The molecule has 2 aromatic rings. The van der Waals surface area contributed by atoms with Gasteiger partial charge in [0.2, 0.25) is 0 Å². The second kappa shape index (κ2) is 4.14. The van der Waals surface area contributed by atoms with Crippen molar-refractivity contribution < 1.29 is 9.62 Å². The minimum absolute atomic E-state index is 0.345. The van der Waals surface area contributed by atoms with E-state index in [-0.39, 0.29) is 6.04 Å². The van der Waals surface area contributed by atoms with Crippen LogP contribution in [0.3, 0.4) is 0 Å². The van der Waals surface area contributed by atoms with E-state index in [0.717, 1.165) is 4.88 Å². The maximum absolute atomic E-state index is 9.01. The van der Waals surface area contributed by atoms with Gasteiger partial charge in [-0.05, 0) is 24.3 Å². The molecule has 0 aliphatic carbocycles. The van der Waals surface area contributed by atoms with Crippen molar-refractivity contribution in [2.75, 3.05) is 0 Å². The first-order chi connectivity index (χ1) is 6.81. The Balaban J connectivity index is 2.31. The minimum atomic E-state index is -0.345. The maximum Gasteiger partial charge on any atom is 0.128 e. The molecule has 14 heavy (non-hydrogen) atoms. The number of hydroxylamine groups is 1. The quantitative estimate of drug-likeness (QED) is 0.796. The van der Waals surface area contributed by atoms with Gasteiger partial charge in [-0.3, -0.25) is 0 Å². The fraction of sp³-hybridized carbons (Fsp3) is 0.111. The Morgan fingerprint density at radius 1 is 1.43 bits per heavy atom. The third-order valence-corrected chi connectivity index (χ3v) is 3.13. The van der Waals surface area contributed by atoms with E-state index in [4.69, 9.17) is 21.2 Å². The van der Waals surface area contributed by atoms with Crippen LogP contribution in [0.4, 0.5) is 0 Å². The van der Waals surface area contributed by atoms with Gasteiger partial charge >= 0.3 is 0 Å². The van der Waals surface area contributed by atoms with Crippen molar-refractivity contribution >= 4 is 22.9 Å². The van der Waals surface area contributed by atoms with Gasteiger partial charge in [-0.15, -0.1) is 11.3 Å². The van der Waals surface area contributed by atoms with E-state index in [2.05, 4.69) is 5.48 Å². The van der Waals surface area contributed by atoms with Crippen LogP contribution in [0, 0.1) is 0 Å². The van der Waals surface area contributed by atoms with Gasteiger partial charge < -0.3 is 9.62 Å². The number of furan rings is 1. The number of thiophene rings is 1. The van der Waals surface area contributed by atoms with Crippen LogP contribution in [-0.2, 0) is 0 Å². The van der Waals surface area contributed by atoms with Crippen LogP contribution < -0.4 is 5.48 Å². The van der Waals surface area contributed by atoms with E-state index >= 15 is 0 Å². The molecule has 0 amide bonds. The zero-order valence-corrected chi connectivity index (χ0v) is 8.68. The normalized spacial score (nSPS) is 13.0. The molecule has 5 heteroatoms. The van der Waals surface area contributed by atoms with Crippen molar-refractivity contribution in [1.29, 1.82) is 0 Å². The Labute approximate surface area is 89.9 Å². The molecular formula is C9H8ClNO2S. The van der Waals surface area contributed by atoms with Crippen LogP contribution in [0.15, 0.2) is 34.9 Å². The van der Waals surface area contributed by atoms with E-state index in [1.807, 2.05) is 6.07 Å². The van der Waals surface area contributed by atoms with E-state index in [1.54, 1.807) is 24.5 Å². The van der Waals surface area contributed by atoms with Gasteiger partial charge in [0.25, 0.3) is 0 Å². The molecule has 0 spiro atoms. The second-order valence-electron chi connectivity index (χ2n) is 2.72. The summed E-state index contributed by atoms with van der Waals surface area (Å²) >= 11 is 7.20. The molecule has 0 aliphatic heterocycles. The number of halogens is 1. The molecule has 0 saturated heterocycles. The summed E-state index contributed by atoms with van der Waals surface area (Å²) in [4.78, 5) is 0.910. The topological polar surface area (TPSA) is 45.4 Å². The van der Waals surface area contributed by atoms with Gasteiger partial charge in [-0.25, -0.2) is 0 Å². The Bertz CT molecular complexity index is 399. The van der Waals surface area contributed by atoms with Crippen LogP contribution >= 0.6 is 22.9 Å². The predicted octanol–water partition coefficient (Wildman–Crippen LogP) is 3.06. The summed E-state index contributed by atoms with van der Waals surface area (Å²) in [6.45, 7) is 0. The van der Waals surface area contributed by atoms with Gasteiger partial charge in [-0.2, -0.15) is 5.48 Å². The second-order valence-corrected chi connectivity index (χ2v) is 4.47. The number of hydrogen-bond donors (Lipinski definition) is 2. The van der Waals surface area contributed by atoms with Crippen molar-refractivity contribution in [3.05, 3.63) is 45.5 Å². The van der Waals surface area contributed by atoms with E-state index in [0.29, 0.717) is 10.1 Å². The van der Waals surface area contributed by atoms with Gasteiger partial charge in [0.05, 0.1) is 10.6 Å². The Kier molecular flexibility index (Phi) is 2.88. The summed E-state index contributed by atoms with van der Waals surface area (Å²) in [6, 6.07) is 6.86. The zero-order chi connectivity index (χ0) is 9.97. The molecule has 0 bridgehead atoms. The molecule has 2 N–H and O–H groups in total. The molecule has 2 rings (SSSR count). The van der Waals surface area contributed by atoms with Crippen LogP contribution in [0.2, 0.25) is 4.34 Å². The standard InChI is InChI=1S/C9H8ClNO2S/c10-8-4-3-7(14-8)9(11-12)6-2-1-5-13-6/h1-5,9,11-12H. The van der Waals surface area contributed by atoms with Crippen molar-refractivity contribution in [2.24, 2.45) is 0 Å². The van der Waals surface area contributed by atoms with Gasteiger partial charge in [-0.1, -0.05) is 11.6 Å². The number of nitrogens with one attached hydrogen (secondary N) is 1. The SMILES string of the molecule is ONC(c1ccco1)c1ccc(Cl)s1. The van der Waals surface area contributed by atoms with Crippen molar-refractivity contribution in [1.82, 2.24) is 5.48 Å². The average molecular weight is 230 g/mol. The molecule has 0 aliphatic rings.